The number of phenols is 2. The summed E-state index contributed by atoms with van der Waals surface area (Å²) < 4.78 is 24.8. The second-order valence-corrected chi connectivity index (χ2v) is 11.0. The van der Waals surface area contributed by atoms with Gasteiger partial charge >= 0.3 is 0 Å². The molecule has 1 saturated heterocycles. The van der Waals surface area contributed by atoms with Gasteiger partial charge in [-0.25, -0.2) is 18.1 Å². The van der Waals surface area contributed by atoms with Crippen LogP contribution in [0.4, 0.5) is 0 Å². The van der Waals surface area contributed by atoms with Crippen LogP contribution in [0, 0.1) is 0 Å². The van der Waals surface area contributed by atoms with E-state index in [-0.39, 0.29) is 40.8 Å². The molecule has 36 heavy (non-hydrogen) atoms. The molecule has 3 N–H and O–H groups in total. The molecule has 1 fully saturated rings. The van der Waals surface area contributed by atoms with Gasteiger partial charge in [0, 0.05) is 11.6 Å². The molecule has 0 saturated carbocycles. The third-order valence-corrected chi connectivity index (χ3v) is 7.88. The van der Waals surface area contributed by atoms with E-state index in [1.165, 1.54) is 0 Å². The number of rotatable bonds is 5. The van der Waals surface area contributed by atoms with E-state index in [1.807, 2.05) is 0 Å². The molecule has 0 unspecified atom stereocenters. The van der Waals surface area contributed by atoms with E-state index in [0.29, 0.717) is 41.0 Å². The van der Waals surface area contributed by atoms with Crippen LogP contribution < -0.4 is 5.32 Å². The van der Waals surface area contributed by atoms with Crippen molar-refractivity contribution in [2.75, 3.05) is 11.5 Å². The van der Waals surface area contributed by atoms with Gasteiger partial charge in [-0.15, -0.1) is 5.10 Å². The zero-order valence-corrected chi connectivity index (χ0v) is 20.0. The zero-order valence-electron chi connectivity index (χ0n) is 19.2. The second kappa shape index (κ2) is 9.46. The summed E-state index contributed by atoms with van der Waals surface area (Å²) in [6.45, 7) is 0. The fraction of sp³-hybridized carbons (Fsp3) is 0.192. The van der Waals surface area contributed by atoms with Gasteiger partial charge in [0.25, 0.3) is 5.91 Å². The Labute approximate surface area is 208 Å². The van der Waals surface area contributed by atoms with Crippen LogP contribution in [0.3, 0.4) is 0 Å². The highest BCUT2D eigenvalue weighted by Crippen LogP contribution is 2.33. The van der Waals surface area contributed by atoms with Gasteiger partial charge in [-0.05, 0) is 61.4 Å². The molecule has 0 spiro atoms. The third kappa shape index (κ3) is 4.80. The number of hydrogen-bond donors (Lipinski definition) is 3. The number of benzene rings is 3. The van der Waals surface area contributed by atoms with E-state index >= 15 is 0 Å². The molecule has 2 heterocycles. The summed E-state index contributed by atoms with van der Waals surface area (Å²) in [6.07, 6.45) is 0.814. The minimum Gasteiger partial charge on any atom is -0.507 e. The maximum Gasteiger partial charge on any atom is 0.251 e. The molecule has 5 rings (SSSR count). The smallest absolute Gasteiger partial charge is 0.251 e. The molecule has 1 aliphatic heterocycles. The number of carbonyl (C=O) groups excluding carboxylic acids is 1. The molecule has 1 aromatic heterocycles. The highest BCUT2D eigenvalue weighted by molar-refractivity contribution is 7.91. The molecule has 0 bridgehead atoms. The van der Waals surface area contributed by atoms with Crippen LogP contribution in [-0.2, 0) is 9.84 Å². The Balaban J connectivity index is 1.46. The van der Waals surface area contributed by atoms with Gasteiger partial charge in [-0.3, -0.25) is 4.79 Å². The van der Waals surface area contributed by atoms with E-state index in [9.17, 15) is 23.4 Å². The Morgan fingerprint density at radius 3 is 2.06 bits per heavy atom. The molecule has 9 nitrogen and oxygen atoms in total. The quantitative estimate of drug-likeness (QED) is 0.379. The molecule has 0 atom stereocenters. The van der Waals surface area contributed by atoms with Crippen LogP contribution in [0.5, 0.6) is 11.5 Å². The number of aromatic hydroxyl groups is 2. The predicted molar refractivity (Wildman–Crippen MR) is 135 cm³/mol. The average Bonchev–Trinajstić information content (AvgIpc) is 3.31. The number of hydrogen-bond acceptors (Lipinski definition) is 7. The van der Waals surface area contributed by atoms with Crippen LogP contribution >= 0.6 is 0 Å². The van der Waals surface area contributed by atoms with Crippen molar-refractivity contribution in [2.24, 2.45) is 0 Å². The first kappa shape index (κ1) is 23.6. The average molecular weight is 505 g/mol. The summed E-state index contributed by atoms with van der Waals surface area (Å²) >= 11 is 0. The Morgan fingerprint density at radius 1 is 0.861 bits per heavy atom. The molecule has 184 valence electrons. The number of nitrogens with zero attached hydrogens (tertiary/aromatic N) is 3. The van der Waals surface area contributed by atoms with Crippen LogP contribution in [0.25, 0.3) is 28.5 Å². The molecular weight excluding hydrogens is 480 g/mol. The van der Waals surface area contributed by atoms with Gasteiger partial charge in [-0.1, -0.05) is 24.3 Å². The van der Waals surface area contributed by atoms with Gasteiger partial charge < -0.3 is 15.5 Å². The summed E-state index contributed by atoms with van der Waals surface area (Å²) in [5, 5.41) is 28.3. The third-order valence-electron chi connectivity index (χ3n) is 6.16. The lowest BCUT2D eigenvalue weighted by atomic mass is 10.1. The normalized spacial score (nSPS) is 15.4. The van der Waals surface area contributed by atoms with Crippen molar-refractivity contribution in [2.45, 2.75) is 18.9 Å². The Bertz CT molecular complexity index is 1520. The molecule has 4 aromatic rings. The van der Waals surface area contributed by atoms with Crippen molar-refractivity contribution in [1.82, 2.24) is 20.1 Å². The summed E-state index contributed by atoms with van der Waals surface area (Å²) in [5.74, 6) is 0.587. The van der Waals surface area contributed by atoms with Crippen molar-refractivity contribution in [3.05, 3.63) is 78.4 Å². The second-order valence-electron chi connectivity index (χ2n) is 8.65. The van der Waals surface area contributed by atoms with E-state index in [4.69, 9.17) is 0 Å². The van der Waals surface area contributed by atoms with Crippen molar-refractivity contribution in [3.8, 4) is 40.0 Å². The first-order valence-electron chi connectivity index (χ1n) is 11.5. The highest BCUT2D eigenvalue weighted by atomic mass is 32.2. The van der Waals surface area contributed by atoms with Gasteiger partial charge in [-0.2, -0.15) is 0 Å². The Kier molecular flexibility index (Phi) is 6.19. The van der Waals surface area contributed by atoms with Crippen molar-refractivity contribution in [1.29, 1.82) is 0 Å². The Hall–Kier alpha value is -4.18. The topological polar surface area (TPSA) is 134 Å². The standard InChI is InChI=1S/C26H24N4O5S/c31-22-7-3-1-5-20(22)24-28-25(21-6-2-4-8-23(21)32)30(29-24)19-11-9-17(10-12-19)26(33)27-18-13-15-36(34,35)16-14-18/h1-12,18,31-32H,13-16H2,(H,27,33). The molecular formula is C26H24N4O5S. The molecule has 1 aliphatic rings. The summed E-state index contributed by atoms with van der Waals surface area (Å²) in [7, 11) is -3.00. The van der Waals surface area contributed by atoms with Crippen LogP contribution in [0.2, 0.25) is 0 Å². The minimum absolute atomic E-state index is 0.0282. The van der Waals surface area contributed by atoms with Crippen LogP contribution in [0.1, 0.15) is 23.2 Å². The fourth-order valence-corrected chi connectivity index (χ4v) is 5.65. The van der Waals surface area contributed by atoms with Gasteiger partial charge in [0.15, 0.2) is 11.6 Å². The lowest BCUT2D eigenvalue weighted by molar-refractivity contribution is 0.0934. The predicted octanol–water partition coefficient (Wildman–Crippen LogP) is 3.32. The monoisotopic (exact) mass is 504 g/mol. The molecule has 10 heteroatoms. The maximum atomic E-state index is 12.7. The molecule has 3 aromatic carbocycles. The van der Waals surface area contributed by atoms with Crippen molar-refractivity contribution >= 4 is 15.7 Å². The number of amides is 1. The summed E-state index contributed by atoms with van der Waals surface area (Å²) in [4.78, 5) is 17.3. The maximum absolute atomic E-state index is 12.7. The van der Waals surface area contributed by atoms with Crippen LogP contribution in [-0.4, -0.2) is 56.9 Å². The summed E-state index contributed by atoms with van der Waals surface area (Å²) in [6, 6.07) is 20.0. The lowest BCUT2D eigenvalue weighted by Crippen LogP contribution is -2.40. The first-order chi connectivity index (χ1) is 17.3. The molecule has 1 amide bonds. The zero-order chi connectivity index (χ0) is 25.3. The fourth-order valence-electron chi connectivity index (χ4n) is 4.16. The van der Waals surface area contributed by atoms with Gasteiger partial charge in [0.1, 0.15) is 21.3 Å². The minimum atomic E-state index is -3.00. The largest absolute Gasteiger partial charge is 0.507 e. The Morgan fingerprint density at radius 2 is 1.44 bits per heavy atom. The number of aromatic nitrogens is 3. The van der Waals surface area contributed by atoms with Crippen LogP contribution in [0.15, 0.2) is 72.8 Å². The lowest BCUT2D eigenvalue weighted by Gasteiger charge is -2.23. The molecule has 0 aliphatic carbocycles. The number of phenolic OH excluding ortho intramolecular Hbond substituents is 2. The van der Waals surface area contributed by atoms with Crippen molar-refractivity contribution in [3.63, 3.8) is 0 Å². The van der Waals surface area contributed by atoms with E-state index in [2.05, 4.69) is 15.4 Å². The first-order valence-corrected chi connectivity index (χ1v) is 13.3. The number of nitrogens with one attached hydrogen (secondary N) is 1. The SMILES string of the molecule is O=C(NC1CCS(=O)(=O)CC1)c1ccc(-n2nc(-c3ccccc3O)nc2-c2ccccc2O)cc1. The van der Waals surface area contributed by atoms with E-state index in [0.717, 1.165) is 0 Å². The van der Waals surface area contributed by atoms with Gasteiger partial charge in [0.2, 0.25) is 0 Å². The van der Waals surface area contributed by atoms with Gasteiger partial charge in [0.05, 0.1) is 28.3 Å². The van der Waals surface area contributed by atoms with E-state index < -0.39 is 9.84 Å². The number of sulfone groups is 1. The highest BCUT2D eigenvalue weighted by Gasteiger charge is 2.25. The van der Waals surface area contributed by atoms with E-state index in [1.54, 1.807) is 77.5 Å². The number of para-hydroxylation sites is 2. The van der Waals surface area contributed by atoms with Crippen molar-refractivity contribution < 1.29 is 23.4 Å². The summed E-state index contributed by atoms with van der Waals surface area (Å²) in [5.41, 5.74) is 1.93. The molecule has 0 radical (unpaired) electrons. The number of carbonyl (C=O) groups is 1.